The van der Waals surface area contributed by atoms with Crippen LogP contribution in [-0.4, -0.2) is 36.2 Å². The average molecular weight is 369 g/mol. The first-order valence-corrected chi connectivity index (χ1v) is 8.85. The molecule has 7 nitrogen and oxygen atoms in total. The van der Waals surface area contributed by atoms with E-state index in [0.717, 1.165) is 16.2 Å². The van der Waals surface area contributed by atoms with Gasteiger partial charge < -0.3 is 9.57 Å². The zero-order valence-electron chi connectivity index (χ0n) is 15.6. The van der Waals surface area contributed by atoms with Gasteiger partial charge >= 0.3 is 12.0 Å². The van der Waals surface area contributed by atoms with Gasteiger partial charge in [0.15, 0.2) is 0 Å². The number of hydroxylamine groups is 2. The second kappa shape index (κ2) is 8.09. The molecule has 7 heteroatoms. The van der Waals surface area contributed by atoms with Crippen molar-refractivity contribution >= 4 is 12.0 Å². The minimum absolute atomic E-state index is 0.220. The van der Waals surface area contributed by atoms with Gasteiger partial charge in [-0.15, -0.1) is 5.06 Å². The minimum atomic E-state index is -0.619. The summed E-state index contributed by atoms with van der Waals surface area (Å²) in [5.74, 6) is 0.777. The predicted molar refractivity (Wildman–Crippen MR) is 99.9 cm³/mol. The van der Waals surface area contributed by atoms with E-state index in [0.29, 0.717) is 17.9 Å². The first-order chi connectivity index (χ1) is 13.0. The monoisotopic (exact) mass is 369 g/mol. The predicted octanol–water partition coefficient (Wildman–Crippen LogP) is 3.63. The lowest BCUT2D eigenvalue weighted by molar-refractivity contribution is -0.184. The van der Waals surface area contributed by atoms with E-state index in [1.165, 1.54) is 5.01 Å². The maximum Gasteiger partial charge on any atom is 0.366 e. The molecular weight excluding hydrogens is 346 g/mol. The molecule has 1 heterocycles. The number of hydrogen-bond donors (Lipinski definition) is 1. The van der Waals surface area contributed by atoms with Crippen molar-refractivity contribution in [2.45, 2.75) is 25.8 Å². The second-order valence-corrected chi connectivity index (χ2v) is 6.43. The largest absolute Gasteiger partial charge is 0.457 e. The van der Waals surface area contributed by atoms with Crippen LogP contribution >= 0.6 is 0 Å². The molecule has 1 N–H and O–H groups in total. The molecular formula is C20H23N3O4. The van der Waals surface area contributed by atoms with Crippen LogP contribution in [0.15, 0.2) is 48.5 Å². The van der Waals surface area contributed by atoms with Gasteiger partial charge in [0.25, 0.3) is 0 Å². The lowest BCUT2D eigenvalue weighted by Crippen LogP contribution is -2.48. The normalized spacial score (nSPS) is 12.6. The van der Waals surface area contributed by atoms with E-state index in [-0.39, 0.29) is 6.42 Å². The number of fused-ring (bicyclic) bond motifs is 2. The Kier molecular flexibility index (Phi) is 5.61. The molecule has 0 aliphatic carbocycles. The van der Waals surface area contributed by atoms with Crippen LogP contribution < -0.4 is 10.2 Å². The van der Waals surface area contributed by atoms with E-state index in [9.17, 15) is 9.59 Å². The second-order valence-electron chi connectivity index (χ2n) is 6.43. The summed E-state index contributed by atoms with van der Waals surface area (Å²) in [4.78, 5) is 30.6. The zero-order valence-corrected chi connectivity index (χ0v) is 15.6. The molecule has 0 saturated carbocycles. The fraction of sp³-hybridized carbons (Fsp3) is 0.300. The summed E-state index contributed by atoms with van der Waals surface area (Å²) < 4.78 is 5.96. The van der Waals surface area contributed by atoms with Crippen molar-refractivity contribution in [2.24, 2.45) is 0 Å². The number of urea groups is 1. The third-order valence-electron chi connectivity index (χ3n) is 4.06. The maximum absolute atomic E-state index is 12.9. The Hall–Kier alpha value is -3.06. The number of carbonyl (C=O) groups excluding carboxylic acids is 2. The van der Waals surface area contributed by atoms with Gasteiger partial charge in [0.1, 0.15) is 17.5 Å². The van der Waals surface area contributed by atoms with Crippen LogP contribution in [0.5, 0.6) is 11.5 Å². The van der Waals surface area contributed by atoms with Crippen molar-refractivity contribution in [3.63, 3.8) is 0 Å². The number of para-hydroxylation sites is 2. The van der Waals surface area contributed by atoms with Gasteiger partial charge in [0, 0.05) is 31.6 Å². The number of rotatable bonds is 4. The van der Waals surface area contributed by atoms with Crippen LogP contribution in [0.3, 0.4) is 0 Å². The Labute approximate surface area is 158 Å². The highest BCUT2D eigenvalue weighted by Gasteiger charge is 2.37. The molecule has 0 spiro atoms. The molecule has 2 aromatic carbocycles. The SMILES string of the molecule is CCCC(=O)ON(C(=O)NN(C)C)C1c2ccccc2Oc2ccccc21. The van der Waals surface area contributed by atoms with Gasteiger partial charge in [-0.1, -0.05) is 43.3 Å². The van der Waals surface area contributed by atoms with Crippen LogP contribution in [0.2, 0.25) is 0 Å². The van der Waals surface area contributed by atoms with E-state index < -0.39 is 18.0 Å². The van der Waals surface area contributed by atoms with E-state index in [2.05, 4.69) is 5.43 Å². The quantitative estimate of drug-likeness (QED) is 0.834. The van der Waals surface area contributed by atoms with Crippen LogP contribution in [0.25, 0.3) is 0 Å². The number of hydrazine groups is 1. The molecule has 0 unspecified atom stereocenters. The van der Waals surface area contributed by atoms with Crippen molar-refractivity contribution < 1.29 is 19.2 Å². The summed E-state index contributed by atoms with van der Waals surface area (Å²) in [7, 11) is 3.38. The van der Waals surface area contributed by atoms with Crippen LogP contribution in [0, 0.1) is 0 Å². The first-order valence-electron chi connectivity index (χ1n) is 8.85. The molecule has 0 fully saturated rings. The smallest absolute Gasteiger partial charge is 0.366 e. The standard InChI is InChI=1S/C20H23N3O4/c1-4-9-18(24)27-23(20(25)21-22(2)3)19-14-10-5-7-12-16(14)26-17-13-8-6-11-15(17)19/h5-8,10-13,19H,4,9H2,1-3H3,(H,21,25). The summed E-state index contributed by atoms with van der Waals surface area (Å²) in [6, 6.07) is 13.7. The molecule has 2 aromatic rings. The molecule has 1 aliphatic heterocycles. The molecule has 0 radical (unpaired) electrons. The summed E-state index contributed by atoms with van der Waals surface area (Å²) in [5, 5.41) is 2.60. The molecule has 3 rings (SSSR count). The Bertz CT molecular complexity index is 792. The van der Waals surface area contributed by atoms with Crippen molar-refractivity contribution in [1.82, 2.24) is 15.5 Å². The third-order valence-corrected chi connectivity index (χ3v) is 4.06. The molecule has 27 heavy (non-hydrogen) atoms. The summed E-state index contributed by atoms with van der Waals surface area (Å²) in [6.45, 7) is 1.88. The number of hydrogen-bond acceptors (Lipinski definition) is 5. The van der Waals surface area contributed by atoms with Crippen molar-refractivity contribution in [1.29, 1.82) is 0 Å². The van der Waals surface area contributed by atoms with Gasteiger partial charge in [-0.05, 0) is 18.6 Å². The Morgan fingerprint density at radius 3 is 2.11 bits per heavy atom. The Balaban J connectivity index is 2.07. The fourth-order valence-electron chi connectivity index (χ4n) is 2.95. The number of ether oxygens (including phenoxy) is 1. The number of nitrogens with zero attached hydrogens (tertiary/aromatic N) is 2. The van der Waals surface area contributed by atoms with Crippen LogP contribution in [-0.2, 0) is 9.63 Å². The van der Waals surface area contributed by atoms with Crippen molar-refractivity contribution in [3.05, 3.63) is 59.7 Å². The number of carbonyl (C=O) groups is 2. The zero-order chi connectivity index (χ0) is 19.4. The van der Waals surface area contributed by atoms with Gasteiger partial charge in [-0.2, -0.15) is 0 Å². The summed E-state index contributed by atoms with van der Waals surface area (Å²) in [5.41, 5.74) is 4.14. The third kappa shape index (κ3) is 4.03. The molecule has 2 amide bonds. The lowest BCUT2D eigenvalue weighted by atomic mass is 9.94. The Morgan fingerprint density at radius 2 is 1.59 bits per heavy atom. The molecule has 0 bridgehead atoms. The highest BCUT2D eigenvalue weighted by atomic mass is 16.7. The van der Waals surface area contributed by atoms with Crippen LogP contribution in [0.4, 0.5) is 4.79 Å². The first kappa shape index (κ1) is 18.7. The van der Waals surface area contributed by atoms with E-state index in [1.54, 1.807) is 14.1 Å². The molecule has 0 aromatic heterocycles. The molecule has 1 aliphatic rings. The van der Waals surface area contributed by atoms with Gasteiger partial charge in [-0.25, -0.2) is 14.6 Å². The lowest BCUT2D eigenvalue weighted by Gasteiger charge is -2.35. The highest BCUT2D eigenvalue weighted by Crippen LogP contribution is 2.45. The van der Waals surface area contributed by atoms with Crippen LogP contribution in [0.1, 0.15) is 36.9 Å². The maximum atomic E-state index is 12.9. The molecule has 0 atom stereocenters. The molecule has 142 valence electrons. The fourth-order valence-corrected chi connectivity index (χ4v) is 2.95. The van der Waals surface area contributed by atoms with Gasteiger partial charge in [-0.3, -0.25) is 5.43 Å². The number of nitrogens with one attached hydrogen (secondary N) is 1. The van der Waals surface area contributed by atoms with Crippen molar-refractivity contribution in [3.8, 4) is 11.5 Å². The van der Waals surface area contributed by atoms with Gasteiger partial charge in [0.2, 0.25) is 0 Å². The summed E-state index contributed by atoms with van der Waals surface area (Å²) in [6.07, 6.45) is 0.848. The van der Waals surface area contributed by atoms with Gasteiger partial charge in [0.05, 0.1) is 0 Å². The molecule has 0 saturated heterocycles. The van der Waals surface area contributed by atoms with E-state index >= 15 is 0 Å². The van der Waals surface area contributed by atoms with E-state index in [4.69, 9.17) is 9.57 Å². The topological polar surface area (TPSA) is 71.1 Å². The van der Waals surface area contributed by atoms with Crippen molar-refractivity contribution in [2.75, 3.05) is 14.1 Å². The summed E-state index contributed by atoms with van der Waals surface area (Å²) >= 11 is 0. The van der Waals surface area contributed by atoms with E-state index in [1.807, 2.05) is 55.5 Å². The minimum Gasteiger partial charge on any atom is -0.457 e. The number of amides is 2. The number of benzene rings is 2. The average Bonchev–Trinajstić information content (AvgIpc) is 2.64. The Morgan fingerprint density at radius 1 is 1.04 bits per heavy atom. The highest BCUT2D eigenvalue weighted by molar-refractivity contribution is 5.78.